The van der Waals surface area contributed by atoms with Crippen molar-refractivity contribution in [3.8, 4) is 0 Å². The van der Waals surface area contributed by atoms with Crippen LogP contribution in [0.15, 0.2) is 60.8 Å². The number of aromatic carboxylic acids is 1. The molecule has 3 aromatic rings. The molecule has 24 heavy (non-hydrogen) atoms. The first-order valence-corrected chi connectivity index (χ1v) is 7.55. The lowest BCUT2D eigenvalue weighted by Crippen LogP contribution is -2.09. The minimum Gasteiger partial charge on any atom is -0.477 e. The number of carbonyl (C=O) groups is 1. The molecule has 0 bridgehead atoms. The van der Waals surface area contributed by atoms with E-state index in [1.54, 1.807) is 6.20 Å². The van der Waals surface area contributed by atoms with E-state index in [1.165, 1.54) is 0 Å². The number of hydrogen-bond acceptors (Lipinski definition) is 4. The van der Waals surface area contributed by atoms with Gasteiger partial charge < -0.3 is 14.6 Å². The van der Waals surface area contributed by atoms with Gasteiger partial charge in [-0.1, -0.05) is 54.6 Å². The highest BCUT2D eigenvalue weighted by atomic mass is 16.7. The molecule has 1 heterocycles. The minimum atomic E-state index is -1.07. The molecule has 5 heteroatoms. The zero-order chi connectivity index (χ0) is 16.8. The summed E-state index contributed by atoms with van der Waals surface area (Å²) < 4.78 is 11.0. The lowest BCUT2D eigenvalue weighted by atomic mass is 10.1. The summed E-state index contributed by atoms with van der Waals surface area (Å²) in [4.78, 5) is 15.4. The Bertz CT molecular complexity index is 833. The van der Waals surface area contributed by atoms with Crippen LogP contribution in [0.25, 0.3) is 10.8 Å². The van der Waals surface area contributed by atoms with Gasteiger partial charge in [0.2, 0.25) is 0 Å². The van der Waals surface area contributed by atoms with Gasteiger partial charge >= 0.3 is 5.97 Å². The van der Waals surface area contributed by atoms with E-state index >= 15 is 0 Å². The zero-order valence-electron chi connectivity index (χ0n) is 13.0. The molecule has 1 N–H and O–H groups in total. The first-order chi connectivity index (χ1) is 11.8. The molecule has 0 saturated heterocycles. The number of rotatable bonds is 7. The van der Waals surface area contributed by atoms with Crippen LogP contribution in [0.4, 0.5) is 0 Å². The number of fused-ring (bicyclic) bond motifs is 1. The van der Waals surface area contributed by atoms with Crippen molar-refractivity contribution in [3.05, 3.63) is 77.6 Å². The van der Waals surface area contributed by atoms with Crippen molar-refractivity contribution < 1.29 is 19.4 Å². The molecule has 5 nitrogen and oxygen atoms in total. The lowest BCUT2D eigenvalue weighted by Gasteiger charge is -2.11. The molecule has 1 aromatic heterocycles. The first kappa shape index (κ1) is 16.1. The van der Waals surface area contributed by atoms with Gasteiger partial charge in [-0.3, -0.25) is 0 Å². The maximum absolute atomic E-state index is 11.4. The number of benzene rings is 2. The van der Waals surface area contributed by atoms with E-state index in [0.29, 0.717) is 12.2 Å². The van der Waals surface area contributed by atoms with Crippen molar-refractivity contribution in [1.82, 2.24) is 4.98 Å². The number of hydrogen-bond donors (Lipinski definition) is 1. The van der Waals surface area contributed by atoms with Crippen molar-refractivity contribution >= 4 is 16.7 Å². The summed E-state index contributed by atoms with van der Waals surface area (Å²) in [6.45, 7) is 0.655. The Morgan fingerprint density at radius 2 is 1.67 bits per heavy atom. The summed E-state index contributed by atoms with van der Waals surface area (Å²) in [5.74, 6) is -1.07. The Morgan fingerprint density at radius 3 is 2.46 bits per heavy atom. The molecule has 0 aliphatic carbocycles. The van der Waals surface area contributed by atoms with Gasteiger partial charge in [0.15, 0.2) is 5.69 Å². The van der Waals surface area contributed by atoms with Gasteiger partial charge in [-0.2, -0.15) is 0 Å². The van der Waals surface area contributed by atoms with Crippen LogP contribution >= 0.6 is 0 Å². The quantitative estimate of drug-likeness (QED) is 0.531. The Morgan fingerprint density at radius 1 is 0.958 bits per heavy atom. The van der Waals surface area contributed by atoms with E-state index in [9.17, 15) is 9.90 Å². The van der Waals surface area contributed by atoms with Gasteiger partial charge in [-0.15, -0.1) is 0 Å². The van der Waals surface area contributed by atoms with Gasteiger partial charge in [0.05, 0.1) is 13.2 Å². The third kappa shape index (κ3) is 3.76. The van der Waals surface area contributed by atoms with Crippen molar-refractivity contribution in [2.75, 3.05) is 6.79 Å². The fraction of sp³-hybridized carbons (Fsp3) is 0.158. The summed E-state index contributed by atoms with van der Waals surface area (Å²) >= 11 is 0. The monoisotopic (exact) mass is 323 g/mol. The molecular formula is C19H17NO4. The van der Waals surface area contributed by atoms with Crippen LogP contribution in [0.3, 0.4) is 0 Å². The second kappa shape index (κ2) is 7.68. The Kier molecular flexibility index (Phi) is 5.15. The maximum atomic E-state index is 11.4. The highest BCUT2D eigenvalue weighted by molar-refractivity contribution is 5.95. The molecule has 0 fully saturated rings. The van der Waals surface area contributed by atoms with E-state index in [0.717, 1.165) is 16.3 Å². The molecule has 0 radical (unpaired) electrons. The smallest absolute Gasteiger partial charge is 0.354 e. The van der Waals surface area contributed by atoms with Crippen molar-refractivity contribution in [1.29, 1.82) is 0 Å². The van der Waals surface area contributed by atoms with Crippen LogP contribution in [-0.4, -0.2) is 22.9 Å². The van der Waals surface area contributed by atoms with Crippen LogP contribution in [0.1, 0.15) is 21.6 Å². The van der Waals surface area contributed by atoms with Crippen LogP contribution in [0.2, 0.25) is 0 Å². The zero-order valence-corrected chi connectivity index (χ0v) is 13.0. The largest absolute Gasteiger partial charge is 0.477 e. The van der Waals surface area contributed by atoms with Crippen LogP contribution in [0, 0.1) is 0 Å². The van der Waals surface area contributed by atoms with Gasteiger partial charge in [-0.25, -0.2) is 9.78 Å². The first-order valence-electron chi connectivity index (χ1n) is 7.55. The summed E-state index contributed by atoms with van der Waals surface area (Å²) in [6, 6.07) is 17.3. The molecule has 3 rings (SSSR count). The van der Waals surface area contributed by atoms with Gasteiger partial charge in [0, 0.05) is 17.1 Å². The molecule has 0 aliphatic rings. The van der Waals surface area contributed by atoms with E-state index in [-0.39, 0.29) is 19.1 Å². The minimum absolute atomic E-state index is 0.0109. The van der Waals surface area contributed by atoms with E-state index in [1.807, 2.05) is 54.6 Å². The Labute approximate surface area is 139 Å². The molecule has 0 spiro atoms. The van der Waals surface area contributed by atoms with E-state index in [4.69, 9.17) is 9.47 Å². The van der Waals surface area contributed by atoms with Crippen LogP contribution < -0.4 is 0 Å². The number of carboxylic acids is 1. The highest BCUT2D eigenvalue weighted by Crippen LogP contribution is 2.21. The molecule has 0 unspecified atom stereocenters. The second-order valence-corrected chi connectivity index (χ2v) is 5.28. The molecule has 0 amide bonds. The van der Waals surface area contributed by atoms with Crippen LogP contribution in [-0.2, 0) is 22.7 Å². The average molecular weight is 323 g/mol. The highest BCUT2D eigenvalue weighted by Gasteiger charge is 2.15. The van der Waals surface area contributed by atoms with Crippen LogP contribution in [0.5, 0.6) is 0 Å². The molecule has 122 valence electrons. The number of pyridine rings is 1. The SMILES string of the molecule is O=C(O)c1ncc2ccccc2c1COCOCc1ccccc1. The summed E-state index contributed by atoms with van der Waals surface area (Å²) in [7, 11) is 0. The molecule has 0 saturated carbocycles. The number of carboxylic acid groups (broad SMARTS) is 1. The number of nitrogens with zero attached hydrogens (tertiary/aromatic N) is 1. The molecule has 0 atom stereocenters. The average Bonchev–Trinajstić information content (AvgIpc) is 2.62. The second-order valence-electron chi connectivity index (χ2n) is 5.28. The third-order valence-electron chi connectivity index (χ3n) is 3.63. The maximum Gasteiger partial charge on any atom is 0.354 e. The van der Waals surface area contributed by atoms with Crippen molar-refractivity contribution in [2.45, 2.75) is 13.2 Å². The van der Waals surface area contributed by atoms with E-state index in [2.05, 4.69) is 4.98 Å². The van der Waals surface area contributed by atoms with E-state index < -0.39 is 5.97 Å². The summed E-state index contributed by atoms with van der Waals surface area (Å²) in [5, 5.41) is 11.0. The number of aromatic nitrogens is 1. The van der Waals surface area contributed by atoms with Gasteiger partial charge in [0.1, 0.15) is 6.79 Å². The third-order valence-corrected chi connectivity index (χ3v) is 3.63. The van der Waals surface area contributed by atoms with Gasteiger partial charge in [0.25, 0.3) is 0 Å². The molecule has 0 aliphatic heterocycles. The predicted molar refractivity (Wildman–Crippen MR) is 89.6 cm³/mol. The Balaban J connectivity index is 1.66. The summed E-state index contributed by atoms with van der Waals surface area (Å²) in [5.41, 5.74) is 1.62. The molecular weight excluding hydrogens is 306 g/mol. The number of ether oxygens (including phenoxy) is 2. The topological polar surface area (TPSA) is 68.7 Å². The van der Waals surface area contributed by atoms with Crippen molar-refractivity contribution in [2.24, 2.45) is 0 Å². The van der Waals surface area contributed by atoms with Gasteiger partial charge in [-0.05, 0) is 10.9 Å². The van der Waals surface area contributed by atoms with Crippen molar-refractivity contribution in [3.63, 3.8) is 0 Å². The fourth-order valence-corrected chi connectivity index (χ4v) is 2.49. The lowest BCUT2D eigenvalue weighted by molar-refractivity contribution is -0.0688. The Hall–Kier alpha value is -2.76. The fourth-order valence-electron chi connectivity index (χ4n) is 2.49. The standard InChI is InChI=1S/C19H17NO4/c21-19(22)18-17(16-9-5-4-8-15(16)10-20-18)12-24-13-23-11-14-6-2-1-3-7-14/h1-10H,11-13H2,(H,21,22). The normalized spacial score (nSPS) is 10.8. The summed E-state index contributed by atoms with van der Waals surface area (Å²) in [6.07, 6.45) is 1.56. The predicted octanol–water partition coefficient (Wildman–Crippen LogP) is 3.62. The molecule has 2 aromatic carbocycles.